The summed E-state index contributed by atoms with van der Waals surface area (Å²) in [6.07, 6.45) is 0. The second-order valence-corrected chi connectivity index (χ2v) is 10.0. The minimum absolute atomic E-state index is 0.0282. The number of anilines is 1. The summed E-state index contributed by atoms with van der Waals surface area (Å²) in [6, 6.07) is 15.0. The number of nitrogens with one attached hydrogen (secondary N) is 1. The highest BCUT2D eigenvalue weighted by Crippen LogP contribution is 2.34. The number of aromatic nitrogens is 1. The molecule has 0 spiro atoms. The Morgan fingerprint density at radius 3 is 2.21 bits per heavy atom. The number of ether oxygens (including phenoxy) is 1. The lowest BCUT2D eigenvalue weighted by atomic mass is 9.87. The summed E-state index contributed by atoms with van der Waals surface area (Å²) in [6.45, 7) is 8.91. The van der Waals surface area contributed by atoms with Crippen LogP contribution in [-0.4, -0.2) is 31.3 Å². The first-order chi connectivity index (χ1) is 16.3. The maximum atomic E-state index is 13.8. The third-order valence-corrected chi connectivity index (χ3v) is 6.82. The van der Waals surface area contributed by atoms with Crippen LogP contribution in [0.3, 0.4) is 0 Å². The van der Waals surface area contributed by atoms with E-state index in [-0.39, 0.29) is 16.3 Å². The van der Waals surface area contributed by atoms with Gasteiger partial charge >= 0.3 is 0 Å². The van der Waals surface area contributed by atoms with Crippen LogP contribution in [0.1, 0.15) is 26.3 Å². The summed E-state index contributed by atoms with van der Waals surface area (Å²) in [5, 5.41) is 1.70. The molecule has 0 saturated carbocycles. The zero-order valence-corrected chi connectivity index (χ0v) is 19.5. The van der Waals surface area contributed by atoms with Gasteiger partial charge in [0.1, 0.15) is 0 Å². The molecule has 0 atom stereocenters. The van der Waals surface area contributed by atoms with E-state index >= 15 is 0 Å². The molecule has 4 aromatic carbocycles. The van der Waals surface area contributed by atoms with Gasteiger partial charge in [-0.15, -0.1) is 0 Å². The third kappa shape index (κ3) is 3.13. The van der Waals surface area contributed by atoms with Gasteiger partial charge in [0.25, 0.3) is 0 Å². The molecule has 0 amide bonds. The Hall–Kier alpha value is -3.64. The molecule has 1 saturated heterocycles. The second-order valence-electron chi connectivity index (χ2n) is 10.0. The van der Waals surface area contributed by atoms with E-state index in [1.807, 2.05) is 18.2 Å². The van der Waals surface area contributed by atoms with Crippen LogP contribution in [-0.2, 0) is 10.2 Å². The minimum atomic E-state index is -0.164. The van der Waals surface area contributed by atoms with E-state index in [1.165, 1.54) is 0 Å². The van der Waals surface area contributed by atoms with E-state index in [2.05, 4.69) is 36.7 Å². The maximum Gasteiger partial charge on any atom is 0.196 e. The van der Waals surface area contributed by atoms with Crippen LogP contribution in [0, 0.1) is 0 Å². The first-order valence-electron chi connectivity index (χ1n) is 11.6. The van der Waals surface area contributed by atoms with E-state index in [1.54, 1.807) is 24.3 Å². The average molecular weight is 455 g/mol. The highest BCUT2D eigenvalue weighted by Gasteiger charge is 2.23. The molecular formula is C28H26N2O4. The Labute approximate surface area is 195 Å². The van der Waals surface area contributed by atoms with Crippen molar-refractivity contribution in [1.82, 2.24) is 4.98 Å². The number of morpholine rings is 1. The van der Waals surface area contributed by atoms with Gasteiger partial charge in [0.2, 0.25) is 0 Å². The highest BCUT2D eigenvalue weighted by molar-refractivity contribution is 6.15. The molecule has 34 heavy (non-hydrogen) atoms. The van der Waals surface area contributed by atoms with Crippen LogP contribution in [0.5, 0.6) is 0 Å². The quantitative estimate of drug-likeness (QED) is 0.283. The first-order valence-corrected chi connectivity index (χ1v) is 11.6. The van der Waals surface area contributed by atoms with Gasteiger partial charge in [-0.3, -0.25) is 9.59 Å². The van der Waals surface area contributed by atoms with Crippen molar-refractivity contribution < 1.29 is 9.15 Å². The van der Waals surface area contributed by atoms with Gasteiger partial charge in [-0.25, -0.2) is 0 Å². The van der Waals surface area contributed by atoms with Crippen molar-refractivity contribution in [2.45, 2.75) is 26.2 Å². The predicted octanol–water partition coefficient (Wildman–Crippen LogP) is 5.08. The number of hydrogen-bond donors (Lipinski definition) is 1. The van der Waals surface area contributed by atoms with Gasteiger partial charge in [0.15, 0.2) is 22.0 Å². The van der Waals surface area contributed by atoms with Gasteiger partial charge in [0.05, 0.1) is 40.7 Å². The molecule has 0 unspecified atom stereocenters. The van der Waals surface area contributed by atoms with Gasteiger partial charge in [-0.1, -0.05) is 51.1 Å². The summed E-state index contributed by atoms with van der Waals surface area (Å²) >= 11 is 0. The molecular weight excluding hydrogens is 428 g/mol. The summed E-state index contributed by atoms with van der Waals surface area (Å²) < 4.78 is 11.9. The first kappa shape index (κ1) is 20.9. The molecule has 6 nitrogen and oxygen atoms in total. The Morgan fingerprint density at radius 1 is 0.853 bits per heavy atom. The van der Waals surface area contributed by atoms with Gasteiger partial charge in [-0.05, 0) is 23.1 Å². The number of fused-ring (bicyclic) bond motifs is 5. The highest BCUT2D eigenvalue weighted by atomic mass is 16.5. The van der Waals surface area contributed by atoms with E-state index in [4.69, 9.17) is 9.15 Å². The smallest absolute Gasteiger partial charge is 0.196 e. The summed E-state index contributed by atoms with van der Waals surface area (Å²) in [5.74, 6) is 0. The predicted molar refractivity (Wildman–Crippen MR) is 137 cm³/mol. The number of nitrogens with zero attached hydrogens (tertiary/aromatic N) is 1. The Bertz CT molecular complexity index is 1720. The molecule has 1 aliphatic rings. The lowest BCUT2D eigenvalue weighted by Crippen LogP contribution is -2.37. The molecule has 6 rings (SSSR count). The van der Waals surface area contributed by atoms with Crippen LogP contribution in [0.4, 0.5) is 5.69 Å². The van der Waals surface area contributed by atoms with Crippen LogP contribution in [0.15, 0.2) is 62.5 Å². The Balaban J connectivity index is 1.79. The molecule has 1 aromatic heterocycles. The molecule has 1 fully saturated rings. The summed E-state index contributed by atoms with van der Waals surface area (Å²) in [4.78, 5) is 33.0. The standard InChI is InChI=1S/C28H26N2O4/c1-28(2,3)16-8-9-19-21(14-16)34-22-15-20(30-10-12-33-13-11-30)23-24(25(22)29-19)27(32)18-7-5-4-6-17(18)26(23)31/h4-9,14-15,29H,10-13H2,1-3H3. The number of rotatable bonds is 1. The van der Waals surface area contributed by atoms with E-state index < -0.39 is 0 Å². The zero-order valence-electron chi connectivity index (χ0n) is 19.5. The van der Waals surface area contributed by atoms with Crippen LogP contribution in [0.25, 0.3) is 43.7 Å². The minimum Gasteiger partial charge on any atom is -0.453 e. The summed E-state index contributed by atoms with van der Waals surface area (Å²) in [7, 11) is 0. The van der Waals surface area contributed by atoms with Crippen molar-refractivity contribution in [3.63, 3.8) is 0 Å². The fourth-order valence-electron chi connectivity index (χ4n) is 4.94. The molecule has 172 valence electrons. The van der Waals surface area contributed by atoms with Crippen LogP contribution >= 0.6 is 0 Å². The molecule has 5 aromatic rings. The van der Waals surface area contributed by atoms with E-state index in [0.717, 1.165) is 16.8 Å². The fourth-order valence-corrected chi connectivity index (χ4v) is 4.94. The SMILES string of the molecule is CC(C)(C)c1ccc2[nH]c3c(cc(N4CCOCC4)c4c(=O)c5ccccc5c(=O)c43)oc2c1. The number of aromatic amines is 1. The van der Waals surface area contributed by atoms with Crippen molar-refractivity contribution in [1.29, 1.82) is 0 Å². The van der Waals surface area contributed by atoms with Crippen molar-refractivity contribution in [3.8, 4) is 0 Å². The van der Waals surface area contributed by atoms with Crippen molar-refractivity contribution in [2.75, 3.05) is 31.2 Å². The van der Waals surface area contributed by atoms with Gasteiger partial charge in [-0.2, -0.15) is 0 Å². The average Bonchev–Trinajstić information content (AvgIpc) is 2.84. The lowest BCUT2D eigenvalue weighted by Gasteiger charge is -2.30. The van der Waals surface area contributed by atoms with E-state index in [0.29, 0.717) is 64.5 Å². The van der Waals surface area contributed by atoms with Crippen molar-refractivity contribution in [3.05, 3.63) is 74.5 Å². The normalized spacial score (nSPS) is 15.1. The molecule has 6 heteroatoms. The number of benzene rings is 4. The van der Waals surface area contributed by atoms with Gasteiger partial charge < -0.3 is 19.0 Å². The van der Waals surface area contributed by atoms with Crippen molar-refractivity contribution in [2.24, 2.45) is 0 Å². The molecule has 0 radical (unpaired) electrons. The summed E-state index contributed by atoms with van der Waals surface area (Å²) in [5.41, 5.74) is 4.15. The van der Waals surface area contributed by atoms with Crippen LogP contribution in [0.2, 0.25) is 0 Å². The van der Waals surface area contributed by atoms with E-state index in [9.17, 15) is 9.59 Å². The monoisotopic (exact) mass is 454 g/mol. The van der Waals surface area contributed by atoms with Crippen molar-refractivity contribution >= 4 is 49.4 Å². The molecule has 1 N–H and O–H groups in total. The zero-order chi connectivity index (χ0) is 23.6. The second kappa shape index (κ2) is 7.43. The molecule has 0 aliphatic carbocycles. The molecule has 2 heterocycles. The Morgan fingerprint density at radius 2 is 1.53 bits per heavy atom. The molecule has 1 aliphatic heterocycles. The fraction of sp³-hybridized carbons (Fsp3) is 0.286. The topological polar surface area (TPSA) is 75.5 Å². The maximum absolute atomic E-state index is 13.8. The third-order valence-electron chi connectivity index (χ3n) is 6.82. The largest absolute Gasteiger partial charge is 0.453 e. The van der Waals surface area contributed by atoms with Crippen LogP contribution < -0.4 is 15.8 Å². The lowest BCUT2D eigenvalue weighted by molar-refractivity contribution is 0.123. The molecule has 0 bridgehead atoms. The number of H-pyrrole nitrogens is 1. The van der Waals surface area contributed by atoms with Gasteiger partial charge in [0, 0.05) is 29.9 Å². The Kier molecular flexibility index (Phi) is 4.58. The number of hydrogen-bond acceptors (Lipinski definition) is 5.